The summed E-state index contributed by atoms with van der Waals surface area (Å²) in [4.78, 5) is 0.731. The Kier molecular flexibility index (Phi) is 4.97. The van der Waals surface area contributed by atoms with Gasteiger partial charge in [0.1, 0.15) is 4.75 Å². The minimum Gasteiger partial charge on any atom is -0.169 e. The van der Waals surface area contributed by atoms with Crippen molar-refractivity contribution in [1.82, 2.24) is 0 Å². The molecule has 0 nitrogen and oxygen atoms in total. The molecule has 0 aliphatic heterocycles. The van der Waals surface area contributed by atoms with Crippen LogP contribution in [0.25, 0.3) is 0 Å². The molecule has 0 saturated carbocycles. The highest BCUT2D eigenvalue weighted by Gasteiger charge is 2.50. The predicted octanol–water partition coefficient (Wildman–Crippen LogP) is 4.79. The number of hydrogen-bond acceptors (Lipinski definition) is 1. The third-order valence-corrected chi connectivity index (χ3v) is 3.90. The van der Waals surface area contributed by atoms with Crippen LogP contribution in [0.5, 0.6) is 0 Å². The van der Waals surface area contributed by atoms with Gasteiger partial charge >= 0.3 is 6.18 Å². The van der Waals surface area contributed by atoms with Crippen LogP contribution in [-0.4, -0.2) is 10.9 Å². The van der Waals surface area contributed by atoms with Crippen molar-refractivity contribution in [3.63, 3.8) is 0 Å². The first-order valence-corrected chi connectivity index (χ1v) is 5.55. The zero-order valence-corrected chi connectivity index (χ0v) is 10.3. The van der Waals surface area contributed by atoms with Gasteiger partial charge in [-0.2, -0.15) is 13.2 Å². The Labute approximate surface area is 93.6 Å². The Bertz CT molecular complexity index is 253. The maximum Gasteiger partial charge on any atom is 0.406 e. The molecule has 0 heterocycles. The Morgan fingerprint density at radius 3 is 2.00 bits per heavy atom. The molecule has 0 aromatic rings. The average Bonchev–Trinajstić information content (AvgIpc) is 2.11. The molecule has 0 spiro atoms. The lowest BCUT2D eigenvalue weighted by atomic mass is 10.1. The van der Waals surface area contributed by atoms with Gasteiger partial charge in [0.05, 0.1) is 0 Å². The molecule has 0 aliphatic rings. The molecule has 0 aliphatic carbocycles. The topological polar surface area (TPSA) is 0 Å². The zero-order chi connectivity index (χ0) is 12.3. The predicted molar refractivity (Wildman–Crippen MR) is 60.8 cm³/mol. The highest BCUT2D eigenvalue weighted by molar-refractivity contribution is 8.04. The van der Waals surface area contributed by atoms with Gasteiger partial charge in [-0.25, -0.2) is 0 Å². The van der Waals surface area contributed by atoms with Gasteiger partial charge in [-0.05, 0) is 24.7 Å². The van der Waals surface area contributed by atoms with Crippen LogP contribution < -0.4 is 0 Å². The highest BCUT2D eigenvalue weighted by Crippen LogP contribution is 2.47. The van der Waals surface area contributed by atoms with E-state index in [1.807, 2.05) is 13.8 Å². The summed E-state index contributed by atoms with van der Waals surface area (Å²) in [5.74, 6) is 0.0987. The van der Waals surface area contributed by atoms with Crippen LogP contribution >= 0.6 is 11.8 Å². The maximum atomic E-state index is 12.7. The van der Waals surface area contributed by atoms with Gasteiger partial charge in [0.2, 0.25) is 0 Å². The van der Waals surface area contributed by atoms with Crippen molar-refractivity contribution >= 4 is 11.8 Å². The highest BCUT2D eigenvalue weighted by atomic mass is 32.2. The number of halogens is 3. The second kappa shape index (κ2) is 5.10. The molecule has 0 N–H and O–H groups in total. The molecule has 4 heteroatoms. The van der Waals surface area contributed by atoms with Crippen molar-refractivity contribution in [2.75, 3.05) is 0 Å². The van der Waals surface area contributed by atoms with Gasteiger partial charge in [0, 0.05) is 0 Å². The second-order valence-corrected chi connectivity index (χ2v) is 5.28. The van der Waals surface area contributed by atoms with Crippen molar-refractivity contribution in [2.24, 2.45) is 5.92 Å². The number of allylic oxidation sites excluding steroid dienone is 2. The molecular weight excluding hydrogens is 221 g/mol. The number of thioether (sulfide) groups is 1. The summed E-state index contributed by atoms with van der Waals surface area (Å²) in [6, 6.07) is 0. The molecule has 0 bridgehead atoms. The first-order valence-electron chi connectivity index (χ1n) is 4.73. The maximum absolute atomic E-state index is 12.7. The number of alkyl halides is 3. The minimum absolute atomic E-state index is 0.0987. The van der Waals surface area contributed by atoms with E-state index in [9.17, 15) is 13.2 Å². The van der Waals surface area contributed by atoms with E-state index in [0.717, 1.165) is 29.7 Å². The van der Waals surface area contributed by atoms with Crippen LogP contribution in [0.4, 0.5) is 13.2 Å². The van der Waals surface area contributed by atoms with E-state index in [0.29, 0.717) is 0 Å². The van der Waals surface area contributed by atoms with E-state index in [4.69, 9.17) is 0 Å². The van der Waals surface area contributed by atoms with Crippen molar-refractivity contribution < 1.29 is 13.2 Å². The van der Waals surface area contributed by atoms with Gasteiger partial charge in [-0.3, -0.25) is 0 Å². The Balaban J connectivity index is 4.95. The van der Waals surface area contributed by atoms with E-state index in [1.165, 1.54) is 0 Å². The molecule has 0 aromatic heterocycles. The van der Waals surface area contributed by atoms with E-state index < -0.39 is 10.9 Å². The third kappa shape index (κ3) is 3.59. The van der Waals surface area contributed by atoms with E-state index in [2.05, 4.69) is 6.58 Å². The van der Waals surface area contributed by atoms with Crippen molar-refractivity contribution in [3.05, 3.63) is 23.6 Å². The van der Waals surface area contributed by atoms with Gasteiger partial charge in [0.25, 0.3) is 0 Å². The number of hydrogen-bond donors (Lipinski definition) is 0. The van der Waals surface area contributed by atoms with Gasteiger partial charge in [-0.15, -0.1) is 18.3 Å². The van der Waals surface area contributed by atoms with E-state index in [-0.39, 0.29) is 5.92 Å². The molecule has 0 saturated heterocycles. The van der Waals surface area contributed by atoms with Crippen LogP contribution in [0, 0.1) is 5.92 Å². The quantitative estimate of drug-likeness (QED) is 0.635. The van der Waals surface area contributed by atoms with Gasteiger partial charge < -0.3 is 0 Å². The standard InChI is InChI=1S/C11H17F3S/c1-6-9(8(3)4)15-10(5,7-2)11(12,13)14/h6-8H,2H2,1,3-5H3/b9-6-. The Morgan fingerprint density at radius 2 is 1.80 bits per heavy atom. The summed E-state index contributed by atoms with van der Waals surface area (Å²) < 4.78 is 36.3. The molecule has 0 radical (unpaired) electrons. The largest absolute Gasteiger partial charge is 0.406 e. The summed E-state index contributed by atoms with van der Waals surface area (Å²) in [7, 11) is 0. The summed E-state index contributed by atoms with van der Waals surface area (Å²) >= 11 is 0.825. The molecule has 0 fully saturated rings. The van der Waals surface area contributed by atoms with E-state index >= 15 is 0 Å². The monoisotopic (exact) mass is 238 g/mol. The molecule has 0 aromatic carbocycles. The fraction of sp³-hybridized carbons (Fsp3) is 0.636. The SMILES string of the molecule is C=CC(C)(S/C(=C\C)C(C)C)C(F)(F)F. The van der Waals surface area contributed by atoms with Crippen molar-refractivity contribution in [3.8, 4) is 0 Å². The Morgan fingerprint density at radius 1 is 1.33 bits per heavy atom. The number of rotatable bonds is 4. The molecule has 1 unspecified atom stereocenters. The van der Waals surface area contributed by atoms with Gasteiger partial charge in [0.15, 0.2) is 0 Å². The molecule has 0 amide bonds. The fourth-order valence-electron chi connectivity index (χ4n) is 0.970. The third-order valence-electron chi connectivity index (χ3n) is 2.14. The average molecular weight is 238 g/mol. The molecule has 88 valence electrons. The van der Waals surface area contributed by atoms with Gasteiger partial charge in [-0.1, -0.05) is 26.0 Å². The second-order valence-electron chi connectivity index (χ2n) is 3.76. The van der Waals surface area contributed by atoms with Crippen LogP contribution in [0.2, 0.25) is 0 Å². The fourth-order valence-corrected chi connectivity index (χ4v) is 2.01. The summed E-state index contributed by atoms with van der Waals surface area (Å²) in [5, 5.41) is 0. The van der Waals surface area contributed by atoms with Crippen molar-refractivity contribution in [2.45, 2.75) is 38.6 Å². The lowest BCUT2D eigenvalue weighted by molar-refractivity contribution is -0.143. The van der Waals surface area contributed by atoms with Crippen LogP contribution in [-0.2, 0) is 0 Å². The normalized spacial score (nSPS) is 17.7. The van der Waals surface area contributed by atoms with E-state index in [1.54, 1.807) is 13.0 Å². The zero-order valence-electron chi connectivity index (χ0n) is 9.48. The first kappa shape index (κ1) is 14.6. The Hall–Kier alpha value is -0.380. The molecular formula is C11H17F3S. The molecule has 0 rings (SSSR count). The van der Waals surface area contributed by atoms with Crippen molar-refractivity contribution in [1.29, 1.82) is 0 Å². The summed E-state index contributed by atoms with van der Waals surface area (Å²) in [6.45, 7) is 9.93. The summed E-state index contributed by atoms with van der Waals surface area (Å²) in [5.41, 5.74) is 0. The summed E-state index contributed by atoms with van der Waals surface area (Å²) in [6.07, 6.45) is -1.59. The lowest BCUT2D eigenvalue weighted by Crippen LogP contribution is -2.37. The van der Waals surface area contributed by atoms with Crippen LogP contribution in [0.15, 0.2) is 23.6 Å². The lowest BCUT2D eigenvalue weighted by Gasteiger charge is -2.30. The minimum atomic E-state index is -4.28. The first-order chi connectivity index (χ1) is 6.68. The molecule has 15 heavy (non-hydrogen) atoms. The molecule has 1 atom stereocenters. The van der Waals surface area contributed by atoms with Crippen LogP contribution in [0.1, 0.15) is 27.7 Å². The van der Waals surface area contributed by atoms with Crippen LogP contribution in [0.3, 0.4) is 0 Å². The smallest absolute Gasteiger partial charge is 0.169 e.